The average Bonchev–Trinajstić information content (AvgIpc) is 2.50. The van der Waals surface area contributed by atoms with Gasteiger partial charge in [-0.1, -0.05) is 17.7 Å². The fourth-order valence-corrected chi connectivity index (χ4v) is 2.56. The van der Waals surface area contributed by atoms with Crippen LogP contribution in [0.5, 0.6) is 0 Å². The molecular weight excluding hydrogens is 291 g/mol. The van der Waals surface area contributed by atoms with Crippen LogP contribution in [0, 0.1) is 5.82 Å². The average molecular weight is 311 g/mol. The number of rotatable bonds is 4. The van der Waals surface area contributed by atoms with E-state index in [-0.39, 0.29) is 12.4 Å². The lowest BCUT2D eigenvalue weighted by molar-refractivity contribution is 0.331. The molecule has 0 amide bonds. The van der Waals surface area contributed by atoms with Gasteiger partial charge in [0.05, 0.1) is 6.54 Å². The third-order valence-corrected chi connectivity index (χ3v) is 3.81. The molecule has 0 radical (unpaired) electrons. The molecule has 21 heavy (non-hydrogen) atoms. The van der Waals surface area contributed by atoms with Crippen LogP contribution < -0.4 is 5.32 Å². The molecule has 2 rings (SSSR count). The van der Waals surface area contributed by atoms with Crippen molar-refractivity contribution in [2.75, 3.05) is 19.8 Å². The van der Waals surface area contributed by atoms with Crippen LogP contribution in [0.15, 0.2) is 28.2 Å². The molecule has 0 bridgehead atoms. The fraction of sp³-hybridized carbons (Fsp3) is 0.467. The van der Waals surface area contributed by atoms with E-state index in [1.54, 1.807) is 12.1 Å². The lowest BCUT2D eigenvalue weighted by Crippen LogP contribution is -2.44. The van der Waals surface area contributed by atoms with Crippen LogP contribution in [-0.4, -0.2) is 37.3 Å². The Morgan fingerprint density at radius 1 is 1.33 bits per heavy atom. The molecule has 6 heteroatoms. The van der Waals surface area contributed by atoms with Crippen molar-refractivity contribution in [3.8, 4) is 0 Å². The van der Waals surface area contributed by atoms with Gasteiger partial charge in [-0.3, -0.25) is 4.99 Å². The first-order chi connectivity index (χ1) is 10.2. The second-order valence-electron chi connectivity index (χ2n) is 4.95. The lowest BCUT2D eigenvalue weighted by atomic mass is 10.1. The predicted octanol–water partition coefficient (Wildman–Crippen LogP) is 3.07. The number of piperidine rings is 1. The van der Waals surface area contributed by atoms with Crippen LogP contribution >= 0.6 is 11.6 Å². The van der Waals surface area contributed by atoms with Crippen molar-refractivity contribution in [2.45, 2.75) is 25.8 Å². The summed E-state index contributed by atoms with van der Waals surface area (Å²) in [7, 11) is 0. The summed E-state index contributed by atoms with van der Waals surface area (Å²) in [4.78, 5) is 10.5. The maximum absolute atomic E-state index is 13.8. The largest absolute Gasteiger partial charge is 0.343 e. The monoisotopic (exact) mass is 310 g/mol. The van der Waals surface area contributed by atoms with Gasteiger partial charge in [-0.05, 0) is 38.1 Å². The third kappa shape index (κ3) is 4.43. The van der Waals surface area contributed by atoms with Crippen molar-refractivity contribution in [3.05, 3.63) is 34.6 Å². The van der Waals surface area contributed by atoms with Crippen molar-refractivity contribution in [1.29, 1.82) is 0 Å². The highest BCUT2D eigenvalue weighted by molar-refractivity contribution is 6.31. The van der Waals surface area contributed by atoms with Gasteiger partial charge in [-0.15, -0.1) is 0 Å². The maximum Gasteiger partial charge on any atom is 0.195 e. The van der Waals surface area contributed by atoms with Crippen LogP contribution in [0.2, 0.25) is 5.02 Å². The van der Waals surface area contributed by atoms with Gasteiger partial charge in [0.1, 0.15) is 12.5 Å². The Balaban J connectivity index is 2.13. The molecule has 0 aromatic heterocycles. The third-order valence-electron chi connectivity index (χ3n) is 3.45. The van der Waals surface area contributed by atoms with Crippen LogP contribution in [0.4, 0.5) is 4.39 Å². The molecule has 1 aliphatic heterocycles. The Bertz CT molecular complexity index is 492. The van der Waals surface area contributed by atoms with E-state index in [0.29, 0.717) is 17.3 Å². The number of aliphatic imine (C=N–C) groups is 2. The molecule has 0 saturated carbocycles. The van der Waals surface area contributed by atoms with Gasteiger partial charge in [0, 0.05) is 23.7 Å². The zero-order valence-corrected chi connectivity index (χ0v) is 12.7. The first-order valence-electron chi connectivity index (χ1n) is 7.11. The van der Waals surface area contributed by atoms with Gasteiger partial charge < -0.3 is 10.2 Å². The van der Waals surface area contributed by atoms with E-state index in [0.717, 1.165) is 31.9 Å². The molecule has 1 N–H and O–H groups in total. The Labute approximate surface area is 129 Å². The standard InChI is InChI=1S/C15H20ClFN4/c1-18-11-20-15(21-8-3-2-4-9-21)19-10-12-13(16)6-5-7-14(12)17/h5-7H,1-4,8-11H2,(H,19,20). The minimum Gasteiger partial charge on any atom is -0.343 e. The van der Waals surface area contributed by atoms with Crippen LogP contribution in [0.3, 0.4) is 0 Å². The van der Waals surface area contributed by atoms with E-state index < -0.39 is 0 Å². The van der Waals surface area contributed by atoms with Gasteiger partial charge in [0.15, 0.2) is 5.96 Å². The molecule has 0 unspecified atom stereocenters. The molecule has 0 aliphatic carbocycles. The number of nitrogens with one attached hydrogen (secondary N) is 1. The predicted molar refractivity (Wildman–Crippen MR) is 85.5 cm³/mol. The van der Waals surface area contributed by atoms with E-state index in [2.05, 4.69) is 26.9 Å². The first kappa shape index (κ1) is 15.8. The van der Waals surface area contributed by atoms with Gasteiger partial charge in [-0.25, -0.2) is 9.38 Å². The molecular formula is C15H20ClFN4. The molecule has 1 heterocycles. The maximum atomic E-state index is 13.8. The molecule has 1 aromatic rings. The molecule has 1 fully saturated rings. The van der Waals surface area contributed by atoms with E-state index >= 15 is 0 Å². The van der Waals surface area contributed by atoms with Gasteiger partial charge in [-0.2, -0.15) is 0 Å². The molecule has 114 valence electrons. The number of likely N-dealkylation sites (tertiary alicyclic amines) is 1. The number of halogens is 2. The summed E-state index contributed by atoms with van der Waals surface area (Å²) < 4.78 is 13.8. The Morgan fingerprint density at radius 2 is 2.10 bits per heavy atom. The van der Waals surface area contributed by atoms with Crippen molar-refractivity contribution >= 4 is 24.3 Å². The lowest BCUT2D eigenvalue weighted by Gasteiger charge is -2.30. The summed E-state index contributed by atoms with van der Waals surface area (Å²) in [6.45, 7) is 5.96. The smallest absolute Gasteiger partial charge is 0.195 e. The summed E-state index contributed by atoms with van der Waals surface area (Å²) in [5, 5.41) is 3.53. The van der Waals surface area contributed by atoms with Crippen LogP contribution in [0.25, 0.3) is 0 Å². The van der Waals surface area contributed by atoms with Crippen molar-refractivity contribution in [1.82, 2.24) is 10.2 Å². The molecule has 0 spiro atoms. The molecule has 0 atom stereocenters. The summed E-state index contributed by atoms with van der Waals surface area (Å²) >= 11 is 6.03. The van der Waals surface area contributed by atoms with Crippen molar-refractivity contribution in [3.63, 3.8) is 0 Å². The second-order valence-corrected chi connectivity index (χ2v) is 5.35. The molecule has 4 nitrogen and oxygen atoms in total. The highest BCUT2D eigenvalue weighted by atomic mass is 35.5. The van der Waals surface area contributed by atoms with Crippen molar-refractivity contribution in [2.24, 2.45) is 9.98 Å². The summed E-state index contributed by atoms with van der Waals surface area (Å²) in [5.74, 6) is 0.410. The van der Waals surface area contributed by atoms with E-state index in [1.807, 2.05) is 0 Å². The fourth-order valence-electron chi connectivity index (χ4n) is 2.34. The molecule has 1 aromatic carbocycles. The van der Waals surface area contributed by atoms with Gasteiger partial charge in [0.2, 0.25) is 0 Å². The Kier molecular flexibility index (Phi) is 5.99. The summed E-state index contributed by atoms with van der Waals surface area (Å²) in [6, 6.07) is 4.67. The molecule has 1 saturated heterocycles. The van der Waals surface area contributed by atoms with E-state index in [9.17, 15) is 4.39 Å². The number of hydrogen-bond donors (Lipinski definition) is 1. The first-order valence-corrected chi connectivity index (χ1v) is 7.49. The second kappa shape index (κ2) is 7.98. The number of nitrogens with zero attached hydrogens (tertiary/aromatic N) is 3. The SMILES string of the molecule is C=NCNC(=NCc1c(F)cccc1Cl)N1CCCCC1. The topological polar surface area (TPSA) is 40.0 Å². The van der Waals surface area contributed by atoms with E-state index in [4.69, 9.17) is 11.6 Å². The number of guanidine groups is 1. The summed E-state index contributed by atoms with van der Waals surface area (Å²) in [6.07, 6.45) is 3.52. The zero-order valence-electron chi connectivity index (χ0n) is 12.0. The highest BCUT2D eigenvalue weighted by Gasteiger charge is 2.15. The van der Waals surface area contributed by atoms with Gasteiger partial charge >= 0.3 is 0 Å². The minimum atomic E-state index is -0.328. The Morgan fingerprint density at radius 3 is 2.76 bits per heavy atom. The zero-order chi connectivity index (χ0) is 15.1. The van der Waals surface area contributed by atoms with Crippen molar-refractivity contribution < 1.29 is 4.39 Å². The normalized spacial score (nSPS) is 15.9. The minimum absolute atomic E-state index is 0.210. The van der Waals surface area contributed by atoms with Crippen LogP contribution in [-0.2, 0) is 6.54 Å². The molecule has 1 aliphatic rings. The quantitative estimate of drug-likeness (QED) is 0.686. The highest BCUT2D eigenvalue weighted by Crippen LogP contribution is 2.20. The number of hydrogen-bond acceptors (Lipinski definition) is 2. The van der Waals surface area contributed by atoms with Gasteiger partial charge in [0.25, 0.3) is 0 Å². The Hall–Kier alpha value is -1.62. The van der Waals surface area contributed by atoms with Crippen LogP contribution in [0.1, 0.15) is 24.8 Å². The van der Waals surface area contributed by atoms with E-state index in [1.165, 1.54) is 12.5 Å². The summed E-state index contributed by atoms with van der Waals surface area (Å²) in [5.41, 5.74) is 0.419. The number of benzene rings is 1.